The molecule has 0 bridgehead atoms. The SMILES string of the molecule is Cc1ccc(Cl)c(CC2(O)CC2)c1F. The van der Waals surface area contributed by atoms with Gasteiger partial charge in [0, 0.05) is 17.0 Å². The lowest BCUT2D eigenvalue weighted by atomic mass is 10.0. The number of halogens is 2. The Morgan fingerprint density at radius 1 is 1.50 bits per heavy atom. The molecule has 1 N–H and O–H groups in total. The molecular formula is C11H12ClFO. The molecule has 1 aromatic rings. The van der Waals surface area contributed by atoms with Crippen molar-refractivity contribution in [1.82, 2.24) is 0 Å². The van der Waals surface area contributed by atoms with Crippen molar-refractivity contribution in [3.05, 3.63) is 34.1 Å². The zero-order chi connectivity index (χ0) is 10.3. The van der Waals surface area contributed by atoms with Crippen LogP contribution in [0.3, 0.4) is 0 Å². The number of hydrogen-bond acceptors (Lipinski definition) is 1. The second kappa shape index (κ2) is 3.21. The van der Waals surface area contributed by atoms with Crippen molar-refractivity contribution in [1.29, 1.82) is 0 Å². The van der Waals surface area contributed by atoms with E-state index >= 15 is 0 Å². The molecule has 1 fully saturated rings. The maximum absolute atomic E-state index is 13.6. The predicted octanol–water partition coefficient (Wildman–Crippen LogP) is 2.85. The van der Waals surface area contributed by atoms with Gasteiger partial charge in [-0.25, -0.2) is 4.39 Å². The summed E-state index contributed by atoms with van der Waals surface area (Å²) in [5, 5.41) is 10.1. The molecule has 2 rings (SSSR count). The van der Waals surface area contributed by atoms with Crippen LogP contribution in [0, 0.1) is 12.7 Å². The molecule has 1 aromatic carbocycles. The molecule has 0 atom stereocenters. The lowest BCUT2D eigenvalue weighted by Gasteiger charge is -2.11. The van der Waals surface area contributed by atoms with Crippen molar-refractivity contribution in [2.45, 2.75) is 31.8 Å². The summed E-state index contributed by atoms with van der Waals surface area (Å²) in [6.45, 7) is 1.70. The largest absolute Gasteiger partial charge is 0.390 e. The number of hydrogen-bond donors (Lipinski definition) is 1. The molecule has 0 unspecified atom stereocenters. The minimum atomic E-state index is -0.696. The predicted molar refractivity (Wildman–Crippen MR) is 54.0 cm³/mol. The van der Waals surface area contributed by atoms with Crippen molar-refractivity contribution in [2.75, 3.05) is 0 Å². The normalized spacial score (nSPS) is 18.3. The molecule has 1 aliphatic rings. The van der Waals surface area contributed by atoms with Crippen molar-refractivity contribution in [3.8, 4) is 0 Å². The Morgan fingerprint density at radius 2 is 2.14 bits per heavy atom. The highest BCUT2D eigenvalue weighted by atomic mass is 35.5. The summed E-state index contributed by atoms with van der Waals surface area (Å²) in [6, 6.07) is 3.33. The van der Waals surface area contributed by atoms with Crippen LogP contribution >= 0.6 is 11.6 Å². The molecular weight excluding hydrogens is 203 g/mol. The molecule has 1 saturated carbocycles. The van der Waals surface area contributed by atoms with Gasteiger partial charge in [0.2, 0.25) is 0 Å². The molecule has 76 valence electrons. The van der Waals surface area contributed by atoms with Crippen molar-refractivity contribution in [3.63, 3.8) is 0 Å². The molecule has 1 nitrogen and oxygen atoms in total. The van der Waals surface area contributed by atoms with Gasteiger partial charge in [-0.2, -0.15) is 0 Å². The van der Waals surface area contributed by atoms with Gasteiger partial charge in [0.1, 0.15) is 5.82 Å². The molecule has 1 aliphatic carbocycles. The van der Waals surface area contributed by atoms with Gasteiger partial charge in [0.05, 0.1) is 5.60 Å². The summed E-state index contributed by atoms with van der Waals surface area (Å²) in [5.74, 6) is -0.280. The zero-order valence-electron chi connectivity index (χ0n) is 7.98. The van der Waals surface area contributed by atoms with Crippen LogP contribution in [0.1, 0.15) is 24.0 Å². The van der Waals surface area contributed by atoms with E-state index in [1.54, 1.807) is 19.1 Å². The van der Waals surface area contributed by atoms with Gasteiger partial charge in [-0.05, 0) is 31.4 Å². The number of benzene rings is 1. The van der Waals surface area contributed by atoms with Crippen LogP contribution in [-0.4, -0.2) is 10.7 Å². The monoisotopic (exact) mass is 214 g/mol. The average Bonchev–Trinajstić information content (AvgIpc) is 2.86. The summed E-state index contributed by atoms with van der Waals surface area (Å²) < 4.78 is 13.6. The molecule has 0 amide bonds. The lowest BCUT2D eigenvalue weighted by Crippen LogP contribution is -2.13. The molecule has 0 spiro atoms. The minimum absolute atomic E-state index is 0.280. The molecule has 0 aromatic heterocycles. The fourth-order valence-electron chi connectivity index (χ4n) is 1.53. The quantitative estimate of drug-likeness (QED) is 0.803. The second-order valence-electron chi connectivity index (χ2n) is 4.06. The highest BCUT2D eigenvalue weighted by molar-refractivity contribution is 6.31. The van der Waals surface area contributed by atoms with Gasteiger partial charge in [0.15, 0.2) is 0 Å². The van der Waals surface area contributed by atoms with Gasteiger partial charge in [-0.3, -0.25) is 0 Å². The third-order valence-electron chi connectivity index (χ3n) is 2.71. The van der Waals surface area contributed by atoms with Crippen LogP contribution in [-0.2, 0) is 6.42 Å². The van der Waals surface area contributed by atoms with E-state index in [9.17, 15) is 9.50 Å². The highest BCUT2D eigenvalue weighted by Gasteiger charge is 2.41. The van der Waals surface area contributed by atoms with Gasteiger partial charge >= 0.3 is 0 Å². The van der Waals surface area contributed by atoms with Crippen LogP contribution in [0.5, 0.6) is 0 Å². The van der Waals surface area contributed by atoms with E-state index in [4.69, 9.17) is 11.6 Å². The van der Waals surface area contributed by atoms with Gasteiger partial charge < -0.3 is 5.11 Å². The van der Waals surface area contributed by atoms with Crippen LogP contribution < -0.4 is 0 Å². The molecule has 14 heavy (non-hydrogen) atoms. The Labute approximate surface area is 87.5 Å². The van der Waals surface area contributed by atoms with E-state index in [1.807, 2.05) is 0 Å². The first-order valence-corrected chi connectivity index (χ1v) is 5.05. The molecule has 0 aliphatic heterocycles. The molecule has 3 heteroatoms. The van der Waals surface area contributed by atoms with Crippen molar-refractivity contribution < 1.29 is 9.50 Å². The lowest BCUT2D eigenvalue weighted by molar-refractivity contribution is 0.149. The van der Waals surface area contributed by atoms with Gasteiger partial charge in [0.25, 0.3) is 0 Å². The first kappa shape index (κ1) is 9.94. The fraction of sp³-hybridized carbons (Fsp3) is 0.455. The van der Waals surface area contributed by atoms with E-state index < -0.39 is 5.60 Å². The van der Waals surface area contributed by atoms with E-state index in [1.165, 1.54) is 0 Å². The Morgan fingerprint density at radius 3 is 2.71 bits per heavy atom. The number of aryl methyl sites for hydroxylation is 1. The van der Waals surface area contributed by atoms with Crippen molar-refractivity contribution >= 4 is 11.6 Å². The average molecular weight is 215 g/mol. The third-order valence-corrected chi connectivity index (χ3v) is 3.07. The first-order chi connectivity index (χ1) is 6.52. The van der Waals surface area contributed by atoms with E-state index in [0.29, 0.717) is 22.6 Å². The minimum Gasteiger partial charge on any atom is -0.390 e. The van der Waals surface area contributed by atoms with Gasteiger partial charge in [-0.15, -0.1) is 0 Å². The Balaban J connectivity index is 2.35. The van der Waals surface area contributed by atoms with Crippen LogP contribution in [0.2, 0.25) is 5.02 Å². The number of rotatable bonds is 2. The summed E-state index contributed by atoms with van der Waals surface area (Å²) >= 11 is 5.88. The third kappa shape index (κ3) is 1.77. The van der Waals surface area contributed by atoms with E-state index in [2.05, 4.69) is 0 Å². The summed E-state index contributed by atoms with van der Waals surface area (Å²) in [4.78, 5) is 0. The Hall–Kier alpha value is -0.600. The summed E-state index contributed by atoms with van der Waals surface area (Å²) in [7, 11) is 0. The van der Waals surface area contributed by atoms with Crippen LogP contribution in [0.25, 0.3) is 0 Å². The summed E-state index contributed by atoms with van der Waals surface area (Å²) in [6.07, 6.45) is 1.83. The first-order valence-electron chi connectivity index (χ1n) is 4.68. The smallest absolute Gasteiger partial charge is 0.130 e. The number of aliphatic hydroxyl groups is 1. The van der Waals surface area contributed by atoms with Crippen LogP contribution in [0.4, 0.5) is 4.39 Å². The topological polar surface area (TPSA) is 20.2 Å². The van der Waals surface area contributed by atoms with Crippen LogP contribution in [0.15, 0.2) is 12.1 Å². The fourth-order valence-corrected chi connectivity index (χ4v) is 1.74. The summed E-state index contributed by atoms with van der Waals surface area (Å²) in [5.41, 5.74) is 0.332. The van der Waals surface area contributed by atoms with E-state index in [0.717, 1.165) is 12.8 Å². The van der Waals surface area contributed by atoms with Crippen molar-refractivity contribution in [2.24, 2.45) is 0 Å². The maximum Gasteiger partial charge on any atom is 0.130 e. The second-order valence-corrected chi connectivity index (χ2v) is 4.47. The standard InChI is InChI=1S/C11H12ClFO/c1-7-2-3-9(12)8(10(7)13)6-11(14)4-5-11/h2-3,14H,4-6H2,1H3. The molecule has 0 heterocycles. The zero-order valence-corrected chi connectivity index (χ0v) is 8.74. The van der Waals surface area contributed by atoms with E-state index in [-0.39, 0.29) is 5.82 Å². The molecule has 0 radical (unpaired) electrons. The maximum atomic E-state index is 13.6. The Bertz CT molecular complexity index is 372. The molecule has 0 saturated heterocycles. The highest BCUT2D eigenvalue weighted by Crippen LogP contribution is 2.40. The Kier molecular flexibility index (Phi) is 2.28. The van der Waals surface area contributed by atoms with Gasteiger partial charge in [-0.1, -0.05) is 17.7 Å².